The molecule has 1 unspecified atom stereocenters. The quantitative estimate of drug-likeness (QED) is 0.804. The third-order valence-corrected chi connectivity index (χ3v) is 3.57. The Morgan fingerprint density at radius 1 is 1.50 bits per heavy atom. The van der Waals surface area contributed by atoms with Gasteiger partial charge in [0.25, 0.3) is 0 Å². The van der Waals surface area contributed by atoms with Gasteiger partial charge < -0.3 is 15.8 Å². The Balaban J connectivity index is 2.10. The molecule has 5 heteroatoms. The van der Waals surface area contributed by atoms with E-state index in [4.69, 9.17) is 10.5 Å². The van der Waals surface area contributed by atoms with Gasteiger partial charge in [-0.25, -0.2) is 0 Å². The zero-order chi connectivity index (χ0) is 11.6. The molecule has 1 amide bonds. The van der Waals surface area contributed by atoms with E-state index in [1.54, 1.807) is 0 Å². The van der Waals surface area contributed by atoms with Gasteiger partial charge in [0.05, 0.1) is 12.3 Å². The predicted octanol–water partition coefficient (Wildman–Crippen LogP) is 1.35. The van der Waals surface area contributed by atoms with Crippen molar-refractivity contribution in [2.75, 3.05) is 18.5 Å². The van der Waals surface area contributed by atoms with Crippen molar-refractivity contribution >= 4 is 34.2 Å². The number of nitrogens with two attached hydrogens (primary N) is 1. The summed E-state index contributed by atoms with van der Waals surface area (Å²) >= 11 is 2.17. The Kier molecular flexibility index (Phi) is 3.46. The summed E-state index contributed by atoms with van der Waals surface area (Å²) in [6.45, 7) is 0.845. The maximum absolute atomic E-state index is 12.0. The molecule has 0 saturated carbocycles. The lowest BCUT2D eigenvalue weighted by Gasteiger charge is -2.20. The molecule has 0 aromatic heterocycles. The smallest absolute Gasteiger partial charge is 0.246 e. The number of carbonyl (C=O) groups is 1. The second-order valence-corrected chi connectivity index (χ2v) is 5.05. The summed E-state index contributed by atoms with van der Waals surface area (Å²) in [5, 5.41) is 2.84. The van der Waals surface area contributed by atoms with Gasteiger partial charge in [0.2, 0.25) is 5.91 Å². The third-order valence-electron chi connectivity index (χ3n) is 2.63. The van der Waals surface area contributed by atoms with Gasteiger partial charge in [-0.1, -0.05) is 12.1 Å². The van der Waals surface area contributed by atoms with Crippen LogP contribution in [0.5, 0.6) is 0 Å². The summed E-state index contributed by atoms with van der Waals surface area (Å²) in [6, 6.07) is 7.60. The Morgan fingerprint density at radius 3 is 2.88 bits per heavy atom. The number of amides is 1. The Hall–Kier alpha value is -0.660. The number of ether oxygens (including phenoxy) is 1. The zero-order valence-corrected chi connectivity index (χ0v) is 10.9. The van der Waals surface area contributed by atoms with E-state index in [-0.39, 0.29) is 5.91 Å². The molecule has 3 N–H and O–H groups in total. The summed E-state index contributed by atoms with van der Waals surface area (Å²) in [5.41, 5.74) is 5.88. The highest BCUT2D eigenvalue weighted by Crippen LogP contribution is 2.21. The van der Waals surface area contributed by atoms with Crippen molar-refractivity contribution < 1.29 is 9.53 Å². The van der Waals surface area contributed by atoms with Gasteiger partial charge in [-0.15, -0.1) is 0 Å². The van der Waals surface area contributed by atoms with Crippen LogP contribution in [-0.2, 0) is 9.53 Å². The molecule has 1 aromatic carbocycles. The number of rotatable bonds is 2. The first-order chi connectivity index (χ1) is 7.62. The lowest BCUT2D eigenvalue weighted by Crippen LogP contribution is -2.51. The summed E-state index contributed by atoms with van der Waals surface area (Å²) in [7, 11) is 0. The van der Waals surface area contributed by atoms with Crippen LogP contribution in [0.1, 0.15) is 6.42 Å². The van der Waals surface area contributed by atoms with Gasteiger partial charge in [0.15, 0.2) is 0 Å². The molecule has 1 heterocycles. The summed E-state index contributed by atoms with van der Waals surface area (Å²) in [6.07, 6.45) is 0.572. The van der Waals surface area contributed by atoms with E-state index in [1.165, 1.54) is 0 Å². The molecule has 1 fully saturated rings. The first kappa shape index (κ1) is 11.8. The number of para-hydroxylation sites is 1. The van der Waals surface area contributed by atoms with Crippen LogP contribution < -0.4 is 11.1 Å². The van der Waals surface area contributed by atoms with Crippen LogP contribution in [0.3, 0.4) is 0 Å². The average molecular weight is 332 g/mol. The van der Waals surface area contributed by atoms with Crippen LogP contribution in [0.15, 0.2) is 24.3 Å². The van der Waals surface area contributed by atoms with E-state index in [0.29, 0.717) is 19.6 Å². The molecule has 0 aliphatic carbocycles. The minimum absolute atomic E-state index is 0.172. The molecular formula is C11H13IN2O2. The van der Waals surface area contributed by atoms with Crippen molar-refractivity contribution in [3.05, 3.63) is 27.8 Å². The molecule has 0 radical (unpaired) electrons. The lowest BCUT2D eigenvalue weighted by atomic mass is 9.99. The molecule has 0 bridgehead atoms. The molecular weight excluding hydrogens is 319 g/mol. The fourth-order valence-electron chi connectivity index (χ4n) is 1.57. The summed E-state index contributed by atoms with van der Waals surface area (Å²) in [5.74, 6) is -0.172. The van der Waals surface area contributed by atoms with E-state index in [9.17, 15) is 4.79 Å². The Bertz CT molecular complexity index is 403. The van der Waals surface area contributed by atoms with E-state index >= 15 is 0 Å². The van der Waals surface area contributed by atoms with Gasteiger partial charge in [0.1, 0.15) is 5.54 Å². The van der Waals surface area contributed by atoms with Crippen molar-refractivity contribution in [3.8, 4) is 0 Å². The number of anilines is 1. The molecule has 1 atom stereocenters. The second kappa shape index (κ2) is 4.68. The van der Waals surface area contributed by atoms with Crippen LogP contribution in [0.25, 0.3) is 0 Å². The van der Waals surface area contributed by atoms with E-state index in [0.717, 1.165) is 9.26 Å². The van der Waals surface area contributed by atoms with Gasteiger partial charge in [-0.3, -0.25) is 4.79 Å². The fourth-order valence-corrected chi connectivity index (χ4v) is 2.09. The third kappa shape index (κ3) is 2.36. The monoisotopic (exact) mass is 332 g/mol. The van der Waals surface area contributed by atoms with Crippen LogP contribution >= 0.6 is 22.6 Å². The van der Waals surface area contributed by atoms with Gasteiger partial charge in [-0.2, -0.15) is 0 Å². The van der Waals surface area contributed by atoms with Crippen molar-refractivity contribution in [1.29, 1.82) is 0 Å². The SMILES string of the molecule is NC1(C(=O)Nc2ccccc2I)CCOC1. The highest BCUT2D eigenvalue weighted by molar-refractivity contribution is 14.1. The number of benzene rings is 1. The summed E-state index contributed by atoms with van der Waals surface area (Å²) < 4.78 is 6.16. The van der Waals surface area contributed by atoms with Crippen LogP contribution in [0.2, 0.25) is 0 Å². The topological polar surface area (TPSA) is 64.4 Å². The molecule has 0 spiro atoms. The maximum Gasteiger partial charge on any atom is 0.246 e. The fraction of sp³-hybridized carbons (Fsp3) is 0.364. The minimum Gasteiger partial charge on any atom is -0.379 e. The van der Waals surface area contributed by atoms with Crippen molar-refractivity contribution in [1.82, 2.24) is 0 Å². The van der Waals surface area contributed by atoms with Crippen LogP contribution in [0.4, 0.5) is 5.69 Å². The first-order valence-electron chi connectivity index (χ1n) is 5.04. The van der Waals surface area contributed by atoms with Gasteiger partial charge >= 0.3 is 0 Å². The molecule has 4 nitrogen and oxygen atoms in total. The Morgan fingerprint density at radius 2 is 2.25 bits per heavy atom. The number of hydrogen-bond donors (Lipinski definition) is 2. The number of halogens is 1. The number of hydrogen-bond acceptors (Lipinski definition) is 3. The van der Waals surface area contributed by atoms with Crippen molar-refractivity contribution in [3.63, 3.8) is 0 Å². The predicted molar refractivity (Wildman–Crippen MR) is 70.1 cm³/mol. The largest absolute Gasteiger partial charge is 0.379 e. The molecule has 86 valence electrons. The molecule has 1 aliphatic heterocycles. The Labute approximate surface area is 108 Å². The standard InChI is InChI=1S/C11H13IN2O2/c12-8-3-1-2-4-9(8)14-10(15)11(13)5-6-16-7-11/h1-4H,5-7,13H2,(H,14,15). The first-order valence-corrected chi connectivity index (χ1v) is 6.12. The van der Waals surface area contributed by atoms with Gasteiger partial charge in [-0.05, 0) is 41.1 Å². The van der Waals surface area contributed by atoms with E-state index in [1.807, 2.05) is 24.3 Å². The molecule has 16 heavy (non-hydrogen) atoms. The zero-order valence-electron chi connectivity index (χ0n) is 8.70. The van der Waals surface area contributed by atoms with E-state index < -0.39 is 5.54 Å². The summed E-state index contributed by atoms with van der Waals surface area (Å²) in [4.78, 5) is 12.0. The van der Waals surface area contributed by atoms with E-state index in [2.05, 4.69) is 27.9 Å². The average Bonchev–Trinajstić information content (AvgIpc) is 2.70. The highest BCUT2D eigenvalue weighted by Gasteiger charge is 2.38. The molecule has 1 aliphatic rings. The molecule has 2 rings (SSSR count). The number of nitrogens with one attached hydrogen (secondary N) is 1. The van der Waals surface area contributed by atoms with Crippen LogP contribution in [0, 0.1) is 3.57 Å². The van der Waals surface area contributed by atoms with Gasteiger partial charge in [0, 0.05) is 10.2 Å². The van der Waals surface area contributed by atoms with Crippen LogP contribution in [-0.4, -0.2) is 24.7 Å². The number of carbonyl (C=O) groups excluding carboxylic acids is 1. The minimum atomic E-state index is -0.876. The van der Waals surface area contributed by atoms with Crippen molar-refractivity contribution in [2.24, 2.45) is 5.73 Å². The second-order valence-electron chi connectivity index (χ2n) is 3.89. The maximum atomic E-state index is 12.0. The van der Waals surface area contributed by atoms with Crippen molar-refractivity contribution in [2.45, 2.75) is 12.0 Å². The molecule has 1 saturated heterocycles. The molecule has 1 aromatic rings. The lowest BCUT2D eigenvalue weighted by molar-refractivity contribution is -0.121. The normalized spacial score (nSPS) is 24.4. The highest BCUT2D eigenvalue weighted by atomic mass is 127.